The lowest BCUT2D eigenvalue weighted by Crippen LogP contribution is -2.32. The number of hydrazone groups is 1. The summed E-state index contributed by atoms with van der Waals surface area (Å²) in [5.41, 5.74) is 5.64. The van der Waals surface area contributed by atoms with Crippen LogP contribution in [0.4, 0.5) is 11.4 Å². The summed E-state index contributed by atoms with van der Waals surface area (Å²) in [6.45, 7) is 3.81. The van der Waals surface area contributed by atoms with Crippen LogP contribution in [0.2, 0.25) is 5.02 Å². The van der Waals surface area contributed by atoms with Gasteiger partial charge in [0.15, 0.2) is 0 Å². The Morgan fingerprint density at radius 1 is 1.10 bits per heavy atom. The van der Waals surface area contributed by atoms with Crippen molar-refractivity contribution in [3.05, 3.63) is 86.7 Å². The van der Waals surface area contributed by atoms with Crippen LogP contribution in [0.3, 0.4) is 0 Å². The summed E-state index contributed by atoms with van der Waals surface area (Å²) < 4.78 is 1.97. The normalized spacial score (nSPS) is 10.8. The predicted octanol–water partition coefficient (Wildman–Crippen LogP) is 3.74. The van der Waals surface area contributed by atoms with E-state index in [2.05, 4.69) is 15.8 Å². The summed E-state index contributed by atoms with van der Waals surface area (Å²) in [7, 11) is 0. The minimum atomic E-state index is -0.977. The van der Waals surface area contributed by atoms with Gasteiger partial charge in [-0.2, -0.15) is 5.10 Å². The van der Waals surface area contributed by atoms with Crippen molar-refractivity contribution in [2.45, 2.75) is 13.8 Å². The number of amides is 2. The number of non-ortho nitro benzene ring substituents is 1. The number of nitro groups is 1. The van der Waals surface area contributed by atoms with Crippen molar-refractivity contribution in [1.82, 2.24) is 9.99 Å². The van der Waals surface area contributed by atoms with Gasteiger partial charge < -0.3 is 9.88 Å². The molecule has 0 saturated carbocycles. The molecule has 0 aliphatic rings. The van der Waals surface area contributed by atoms with Crippen molar-refractivity contribution >= 4 is 41.0 Å². The van der Waals surface area contributed by atoms with Crippen molar-refractivity contribution in [2.75, 3.05) is 5.32 Å². The number of benzene rings is 2. The molecule has 0 atom stereocenters. The Morgan fingerprint density at radius 3 is 2.42 bits per heavy atom. The summed E-state index contributed by atoms with van der Waals surface area (Å²) in [6.07, 6.45) is 1.44. The zero-order valence-corrected chi connectivity index (χ0v) is 17.4. The second-order valence-electron chi connectivity index (χ2n) is 6.57. The van der Waals surface area contributed by atoms with E-state index in [1.807, 2.05) is 42.7 Å². The van der Waals surface area contributed by atoms with E-state index in [1.165, 1.54) is 30.5 Å². The minimum Gasteiger partial charge on any atom is -0.318 e. The van der Waals surface area contributed by atoms with Gasteiger partial charge in [0.1, 0.15) is 0 Å². The van der Waals surface area contributed by atoms with E-state index in [4.69, 9.17) is 11.6 Å². The largest absolute Gasteiger partial charge is 0.329 e. The number of aryl methyl sites for hydroxylation is 1. The molecule has 0 unspecified atom stereocenters. The molecule has 0 bridgehead atoms. The monoisotopic (exact) mass is 439 g/mol. The molecule has 0 aliphatic carbocycles. The third-order valence-electron chi connectivity index (χ3n) is 4.48. The standard InChI is InChI=1S/C21H18ClN5O4/c1-13-11-15(14(2)26(13)19-6-4-3-5-18(19)22)12-23-25-21(29)20(28)24-16-7-9-17(10-8-16)27(30)31/h3-12H,1-2H3,(H,24,28)(H,25,29)/b23-12-. The zero-order valence-electron chi connectivity index (χ0n) is 16.6. The highest BCUT2D eigenvalue weighted by Crippen LogP contribution is 2.25. The van der Waals surface area contributed by atoms with Crippen LogP contribution in [0, 0.1) is 24.0 Å². The fraction of sp³-hybridized carbons (Fsp3) is 0.0952. The Bertz CT molecular complexity index is 1180. The molecule has 2 aromatic carbocycles. The Hall–Kier alpha value is -3.98. The average Bonchev–Trinajstić information content (AvgIpc) is 3.02. The highest BCUT2D eigenvalue weighted by atomic mass is 35.5. The van der Waals surface area contributed by atoms with Gasteiger partial charge in [0.25, 0.3) is 5.69 Å². The third kappa shape index (κ3) is 4.96. The molecular formula is C21H18ClN5O4. The van der Waals surface area contributed by atoms with Crippen molar-refractivity contribution in [2.24, 2.45) is 5.10 Å². The van der Waals surface area contributed by atoms with Crippen LogP contribution >= 0.6 is 11.6 Å². The van der Waals surface area contributed by atoms with Gasteiger partial charge in [0.05, 0.1) is 21.8 Å². The fourth-order valence-corrected chi connectivity index (χ4v) is 3.21. The number of para-hydroxylation sites is 1. The number of hydrogen-bond acceptors (Lipinski definition) is 5. The zero-order chi connectivity index (χ0) is 22.5. The molecule has 3 rings (SSSR count). The molecule has 0 saturated heterocycles. The SMILES string of the molecule is Cc1cc(/C=N\NC(=O)C(=O)Nc2ccc([N+](=O)[O-])cc2)c(C)n1-c1ccccc1Cl. The molecule has 1 heterocycles. The molecule has 158 valence electrons. The van der Waals surface area contributed by atoms with Gasteiger partial charge in [-0.05, 0) is 44.2 Å². The van der Waals surface area contributed by atoms with Crippen molar-refractivity contribution < 1.29 is 14.5 Å². The van der Waals surface area contributed by atoms with Crippen molar-refractivity contribution in [3.63, 3.8) is 0 Å². The first kappa shape index (κ1) is 21.7. The molecule has 9 nitrogen and oxygen atoms in total. The first-order valence-corrected chi connectivity index (χ1v) is 9.48. The second-order valence-corrected chi connectivity index (χ2v) is 6.98. The van der Waals surface area contributed by atoms with Gasteiger partial charge in [-0.25, -0.2) is 5.43 Å². The van der Waals surface area contributed by atoms with E-state index in [9.17, 15) is 19.7 Å². The summed E-state index contributed by atoms with van der Waals surface area (Å²) in [4.78, 5) is 34.0. The van der Waals surface area contributed by atoms with Crippen LogP contribution in [-0.4, -0.2) is 27.5 Å². The molecule has 0 fully saturated rings. The molecule has 2 N–H and O–H groups in total. The van der Waals surface area contributed by atoms with Crippen LogP contribution < -0.4 is 10.7 Å². The highest BCUT2D eigenvalue weighted by Gasteiger charge is 2.15. The first-order chi connectivity index (χ1) is 14.8. The van der Waals surface area contributed by atoms with Gasteiger partial charge in [-0.3, -0.25) is 19.7 Å². The molecule has 3 aromatic rings. The summed E-state index contributed by atoms with van der Waals surface area (Å²) >= 11 is 6.29. The molecule has 0 aliphatic heterocycles. The number of rotatable bonds is 5. The second kappa shape index (κ2) is 9.23. The van der Waals surface area contributed by atoms with E-state index >= 15 is 0 Å². The number of anilines is 1. The summed E-state index contributed by atoms with van der Waals surface area (Å²) in [6, 6.07) is 14.4. The van der Waals surface area contributed by atoms with Gasteiger partial charge in [-0.1, -0.05) is 23.7 Å². The fourth-order valence-electron chi connectivity index (χ4n) is 2.99. The van der Waals surface area contributed by atoms with Gasteiger partial charge >= 0.3 is 11.8 Å². The smallest absolute Gasteiger partial charge is 0.318 e. The van der Waals surface area contributed by atoms with E-state index in [-0.39, 0.29) is 11.4 Å². The van der Waals surface area contributed by atoms with E-state index in [1.54, 1.807) is 6.07 Å². The predicted molar refractivity (Wildman–Crippen MR) is 118 cm³/mol. The number of nitrogens with one attached hydrogen (secondary N) is 2. The summed E-state index contributed by atoms with van der Waals surface area (Å²) in [5.74, 6) is -1.93. The van der Waals surface area contributed by atoms with E-state index in [0.29, 0.717) is 5.02 Å². The number of aromatic nitrogens is 1. The average molecular weight is 440 g/mol. The number of nitro benzene ring substituents is 1. The third-order valence-corrected chi connectivity index (χ3v) is 4.80. The number of carbonyl (C=O) groups is 2. The van der Waals surface area contributed by atoms with Crippen LogP contribution in [-0.2, 0) is 9.59 Å². The molecule has 0 spiro atoms. The van der Waals surface area contributed by atoms with E-state index in [0.717, 1.165) is 22.6 Å². The van der Waals surface area contributed by atoms with Gasteiger partial charge in [-0.15, -0.1) is 0 Å². The number of halogens is 1. The van der Waals surface area contributed by atoms with Gasteiger partial charge in [0, 0.05) is 34.8 Å². The number of nitrogens with zero attached hydrogens (tertiary/aromatic N) is 3. The molecule has 10 heteroatoms. The maximum absolute atomic E-state index is 12.0. The lowest BCUT2D eigenvalue weighted by atomic mass is 10.2. The Morgan fingerprint density at radius 2 is 1.77 bits per heavy atom. The lowest BCUT2D eigenvalue weighted by Gasteiger charge is -2.11. The number of hydrogen-bond donors (Lipinski definition) is 2. The molecular weight excluding hydrogens is 422 g/mol. The van der Waals surface area contributed by atoms with Gasteiger partial charge in [0.2, 0.25) is 0 Å². The lowest BCUT2D eigenvalue weighted by molar-refractivity contribution is -0.384. The van der Waals surface area contributed by atoms with E-state index < -0.39 is 16.7 Å². The maximum Gasteiger partial charge on any atom is 0.329 e. The number of carbonyl (C=O) groups excluding carboxylic acids is 2. The van der Waals surface area contributed by atoms with Crippen molar-refractivity contribution in [1.29, 1.82) is 0 Å². The molecule has 1 aromatic heterocycles. The Kier molecular flexibility index (Phi) is 6.46. The van der Waals surface area contributed by atoms with Crippen molar-refractivity contribution in [3.8, 4) is 5.69 Å². The molecule has 0 radical (unpaired) electrons. The topological polar surface area (TPSA) is 119 Å². The summed E-state index contributed by atoms with van der Waals surface area (Å²) in [5, 5.41) is 17.4. The molecule has 31 heavy (non-hydrogen) atoms. The quantitative estimate of drug-likeness (QED) is 0.272. The van der Waals surface area contributed by atoms with Crippen LogP contribution in [0.5, 0.6) is 0 Å². The minimum absolute atomic E-state index is 0.124. The first-order valence-electron chi connectivity index (χ1n) is 9.10. The van der Waals surface area contributed by atoms with Crippen LogP contribution in [0.25, 0.3) is 5.69 Å². The Balaban J connectivity index is 1.66. The maximum atomic E-state index is 12.0. The van der Waals surface area contributed by atoms with Crippen LogP contribution in [0.15, 0.2) is 59.7 Å². The Labute approximate surface area is 182 Å². The highest BCUT2D eigenvalue weighted by molar-refractivity contribution is 6.39. The molecule has 2 amide bonds. The van der Waals surface area contributed by atoms with Crippen LogP contribution in [0.1, 0.15) is 17.0 Å².